The van der Waals surface area contributed by atoms with Crippen molar-refractivity contribution >= 4 is 46.6 Å². The molecular weight excluding hydrogens is 498 g/mol. The third kappa shape index (κ3) is 979. The predicted octanol–water partition coefficient (Wildman–Crippen LogP) is -16.2. The van der Waals surface area contributed by atoms with E-state index >= 15 is 0 Å². The van der Waals surface area contributed by atoms with Crippen LogP contribution in [-0.4, -0.2) is 46.6 Å². The second-order valence-electron chi connectivity index (χ2n) is 1.15. The summed E-state index contributed by atoms with van der Waals surface area (Å²) in [6, 6.07) is 0. The maximum Gasteiger partial charge on any atom is 3.00 e. The minimum absolute atomic E-state index is 0. The summed E-state index contributed by atoms with van der Waals surface area (Å²) < 4.78 is 0. The van der Waals surface area contributed by atoms with Gasteiger partial charge in [0, 0.05) is 0 Å². The van der Waals surface area contributed by atoms with Crippen LogP contribution in [0.3, 0.4) is 0 Å². The molecule has 0 aliphatic rings. The van der Waals surface area contributed by atoms with Crippen molar-refractivity contribution in [2.24, 2.45) is 0 Å². The first-order valence-corrected chi connectivity index (χ1v) is 2.83. The van der Waals surface area contributed by atoms with E-state index in [1.54, 1.807) is 0 Å². The van der Waals surface area contributed by atoms with Crippen LogP contribution in [0.2, 0.25) is 0 Å². The van der Waals surface area contributed by atoms with E-state index in [-0.39, 0.29) is 96.2 Å². The topological polar surface area (TPSA) is 277 Å². The normalized spacial score (nSPS) is 5.40. The maximum atomic E-state index is 8.42. The predicted molar refractivity (Wildman–Crippen MR) is 28.8 cm³/mol. The first kappa shape index (κ1) is 49.5. The monoisotopic (exact) mass is 499 g/mol. The molecule has 0 saturated heterocycles. The van der Waals surface area contributed by atoms with Crippen molar-refractivity contribution in [2.45, 2.75) is 0 Å². The quantitative estimate of drug-likeness (QED) is 0.282. The molecule has 0 atom stereocenters. The Kier molecular flexibility index (Phi) is 107. The zero-order valence-electron chi connectivity index (χ0n) is 9.35. The number of hydrogen-bond donors (Lipinski definition) is 0. The summed E-state index contributed by atoms with van der Waals surface area (Å²) in [6.45, 7) is 0. The molecule has 0 spiro atoms. The van der Waals surface area contributed by atoms with Gasteiger partial charge < -0.3 is 60.3 Å². The van der Waals surface area contributed by atoms with Gasteiger partial charge in [0.05, 0.1) is 0 Å². The van der Waals surface area contributed by atoms with Gasteiger partial charge in [-0.2, -0.15) is 0 Å². The van der Waals surface area contributed by atoms with Gasteiger partial charge in [-0.3, -0.25) is 29.3 Å². The summed E-state index contributed by atoms with van der Waals surface area (Å²) in [6.07, 6.45) is 0. The molecule has 0 aliphatic heterocycles. The average Bonchev–Trinajstić information content (AvgIpc) is 1.76. The fourth-order valence-corrected chi connectivity index (χ4v) is 0. The molecule has 0 fully saturated rings. The minimum atomic E-state index is -2.92. The summed E-state index contributed by atoms with van der Waals surface area (Å²) in [4.78, 5) is 0. The molecule has 0 aromatic carbocycles. The van der Waals surface area contributed by atoms with Crippen molar-refractivity contribution in [3.8, 4) is 0 Å². The van der Waals surface area contributed by atoms with E-state index in [0.717, 1.165) is 0 Å². The van der Waals surface area contributed by atoms with Gasteiger partial charge in [0.1, 0.15) is 0 Å². The Hall–Kier alpha value is 2.91. The van der Waals surface area contributed by atoms with Crippen LogP contribution in [0.4, 0.5) is 0 Å². The SMILES string of the molecule is [Al+3].[Cr+3].[La+3].[O-]B([O-])[O-].[O-]B([O-])[O-].[O-]B([O-])[O-].[O-]B([O-])[O-].[Sc+3]. The summed E-state index contributed by atoms with van der Waals surface area (Å²) in [5.74, 6) is 0. The molecule has 12 nitrogen and oxygen atoms in total. The standard InChI is InChI=1S/Al.4BO3.Cr.La.Sc/c;4*2-1(3)4;;;/q+3;4*-3;3*+3. The van der Waals surface area contributed by atoms with Gasteiger partial charge in [-0.15, -0.1) is 0 Å². The average molecular weight is 498 g/mol. The third-order valence-electron chi connectivity index (χ3n) is 0. The van der Waals surface area contributed by atoms with Crippen LogP contribution in [0.5, 0.6) is 0 Å². The molecule has 20 heavy (non-hydrogen) atoms. The maximum absolute atomic E-state index is 8.42. The first-order chi connectivity index (χ1) is 6.93. The van der Waals surface area contributed by atoms with Crippen LogP contribution >= 0.6 is 0 Å². The van der Waals surface area contributed by atoms with Crippen LogP contribution in [0.1, 0.15) is 0 Å². The van der Waals surface area contributed by atoms with Crippen LogP contribution in [0, 0.1) is 35.6 Å². The zero-order valence-corrected chi connectivity index (χ0v) is 17.2. The molecular formula is AlB4CrLaO12Sc. The van der Waals surface area contributed by atoms with Crippen LogP contribution in [0.15, 0.2) is 0 Å². The smallest absolute Gasteiger partial charge is 0.907 e. The van der Waals surface area contributed by atoms with Crippen molar-refractivity contribution in [1.82, 2.24) is 0 Å². The molecule has 0 aromatic heterocycles. The summed E-state index contributed by atoms with van der Waals surface area (Å²) >= 11 is 0. The van der Waals surface area contributed by atoms with Crippen LogP contribution in [0.25, 0.3) is 0 Å². The molecule has 20 heteroatoms. The van der Waals surface area contributed by atoms with E-state index in [0.29, 0.717) is 0 Å². The van der Waals surface area contributed by atoms with Gasteiger partial charge in [0.2, 0.25) is 0 Å². The zero-order chi connectivity index (χ0) is 14.3. The Bertz CT molecular complexity index is 78.4. The first-order valence-electron chi connectivity index (χ1n) is 2.83. The second-order valence-corrected chi connectivity index (χ2v) is 1.15. The van der Waals surface area contributed by atoms with Gasteiger partial charge in [-0.05, 0) is 0 Å². The molecule has 0 bridgehead atoms. The van der Waals surface area contributed by atoms with Gasteiger partial charge in [0.15, 0.2) is 0 Å². The molecule has 0 heterocycles. The van der Waals surface area contributed by atoms with E-state index in [2.05, 4.69) is 0 Å². The van der Waals surface area contributed by atoms with Gasteiger partial charge in [0.25, 0.3) is 0 Å². The van der Waals surface area contributed by atoms with E-state index < -0.39 is 29.3 Å². The van der Waals surface area contributed by atoms with Crippen molar-refractivity contribution in [3.63, 3.8) is 0 Å². The molecule has 0 rings (SSSR count). The van der Waals surface area contributed by atoms with E-state index in [1.165, 1.54) is 0 Å². The van der Waals surface area contributed by atoms with Gasteiger partial charge in [-0.25, -0.2) is 0 Å². The minimum Gasteiger partial charge on any atom is -0.907 e. The number of hydrogen-bond acceptors (Lipinski definition) is 12. The second kappa shape index (κ2) is 43.1. The van der Waals surface area contributed by atoms with Crippen LogP contribution in [-0.2, 0) is 43.2 Å². The Labute approximate surface area is 183 Å². The Morgan fingerprint density at radius 3 is 0.400 bits per heavy atom. The van der Waals surface area contributed by atoms with Crippen LogP contribution < -0.4 is 60.3 Å². The molecule has 99 valence electrons. The fraction of sp³-hybridized carbons (Fsp3) is 0. The molecule has 1 radical (unpaired) electrons. The summed E-state index contributed by atoms with van der Waals surface area (Å²) in [5.41, 5.74) is 0. The molecule has 0 aliphatic carbocycles. The number of rotatable bonds is 0. The molecule has 0 amide bonds. The molecule has 0 N–H and O–H groups in total. The van der Waals surface area contributed by atoms with Crippen molar-refractivity contribution in [3.05, 3.63) is 0 Å². The van der Waals surface area contributed by atoms with Gasteiger partial charge in [-0.1, -0.05) is 0 Å². The Morgan fingerprint density at radius 2 is 0.400 bits per heavy atom. The van der Waals surface area contributed by atoms with E-state index in [9.17, 15) is 0 Å². The summed E-state index contributed by atoms with van der Waals surface area (Å²) in [7, 11) is -11.7. The van der Waals surface area contributed by atoms with Crippen molar-refractivity contribution in [2.75, 3.05) is 0 Å². The Balaban J connectivity index is -0.0000000150. The van der Waals surface area contributed by atoms with Gasteiger partial charge >= 0.3 is 96.2 Å². The van der Waals surface area contributed by atoms with Crippen molar-refractivity contribution < 1.29 is 139 Å². The molecule has 0 unspecified atom stereocenters. The van der Waals surface area contributed by atoms with E-state index in [1.807, 2.05) is 0 Å². The largest absolute Gasteiger partial charge is 3.00 e. The summed E-state index contributed by atoms with van der Waals surface area (Å²) in [5, 5.41) is 101. The van der Waals surface area contributed by atoms with Crippen molar-refractivity contribution in [1.29, 1.82) is 0 Å². The molecule has 0 saturated carbocycles. The Morgan fingerprint density at radius 1 is 0.400 bits per heavy atom. The van der Waals surface area contributed by atoms with E-state index in [4.69, 9.17) is 60.3 Å². The molecule has 0 aromatic rings. The fourth-order valence-electron chi connectivity index (χ4n) is 0. The third-order valence-corrected chi connectivity index (χ3v) is 0.